The molecular weight excluding hydrogens is 350 g/mol. The highest BCUT2D eigenvalue weighted by Gasteiger charge is 2.14. The van der Waals surface area contributed by atoms with Gasteiger partial charge in [-0.15, -0.1) is 0 Å². The van der Waals surface area contributed by atoms with Crippen molar-refractivity contribution in [3.05, 3.63) is 76.8 Å². The largest absolute Gasteiger partial charge is 0.329 e. The van der Waals surface area contributed by atoms with Crippen molar-refractivity contribution in [3.8, 4) is 0 Å². The molecule has 2 N–H and O–H groups in total. The van der Waals surface area contributed by atoms with E-state index in [4.69, 9.17) is 11.6 Å². The molecule has 0 heterocycles. The highest BCUT2D eigenvalue weighted by molar-refractivity contribution is 6.40. The summed E-state index contributed by atoms with van der Waals surface area (Å²) in [6, 6.07) is 18.7. The second kappa shape index (κ2) is 7.80. The number of hydrogen-bond donors (Lipinski definition) is 2. The van der Waals surface area contributed by atoms with Gasteiger partial charge < -0.3 is 5.32 Å². The van der Waals surface area contributed by atoms with E-state index in [0.717, 1.165) is 21.9 Å². The Balaban J connectivity index is 1.67. The van der Waals surface area contributed by atoms with Crippen LogP contribution in [-0.4, -0.2) is 18.0 Å². The summed E-state index contributed by atoms with van der Waals surface area (Å²) in [5, 5.41) is 8.95. The third-order valence-corrected chi connectivity index (χ3v) is 4.08. The van der Waals surface area contributed by atoms with E-state index >= 15 is 0 Å². The number of anilines is 1. The van der Waals surface area contributed by atoms with Gasteiger partial charge in [-0.25, -0.2) is 5.43 Å². The molecule has 5 nitrogen and oxygen atoms in total. The van der Waals surface area contributed by atoms with Crippen LogP contribution in [0.1, 0.15) is 11.1 Å². The second-order valence-electron chi connectivity index (χ2n) is 5.68. The molecule has 2 amide bonds. The minimum atomic E-state index is -0.860. The van der Waals surface area contributed by atoms with E-state index in [1.165, 1.54) is 6.21 Å². The van der Waals surface area contributed by atoms with Gasteiger partial charge in [0.1, 0.15) is 0 Å². The Morgan fingerprint density at radius 3 is 2.62 bits per heavy atom. The van der Waals surface area contributed by atoms with Crippen molar-refractivity contribution in [2.24, 2.45) is 5.10 Å². The summed E-state index contributed by atoms with van der Waals surface area (Å²) in [6.45, 7) is 1.81. The number of benzene rings is 3. The third-order valence-electron chi connectivity index (χ3n) is 3.85. The number of fused-ring (bicyclic) bond motifs is 1. The van der Waals surface area contributed by atoms with Crippen molar-refractivity contribution in [2.75, 3.05) is 5.32 Å². The summed E-state index contributed by atoms with van der Waals surface area (Å²) in [7, 11) is 0. The molecule has 0 saturated carbocycles. The lowest BCUT2D eigenvalue weighted by Crippen LogP contribution is -2.32. The fourth-order valence-electron chi connectivity index (χ4n) is 2.48. The summed E-state index contributed by atoms with van der Waals surface area (Å²) in [5.74, 6) is -1.67. The van der Waals surface area contributed by atoms with Gasteiger partial charge in [-0.2, -0.15) is 5.10 Å². The molecule has 6 heteroatoms. The summed E-state index contributed by atoms with van der Waals surface area (Å²) in [6.07, 6.45) is 1.51. The number of rotatable bonds is 3. The minimum Gasteiger partial charge on any atom is -0.317 e. The average Bonchev–Trinajstić information content (AvgIpc) is 2.64. The van der Waals surface area contributed by atoms with Gasteiger partial charge in [0.05, 0.1) is 6.21 Å². The van der Waals surface area contributed by atoms with Crippen LogP contribution >= 0.6 is 11.6 Å². The molecule has 0 spiro atoms. The Kier molecular flexibility index (Phi) is 5.29. The number of hydrogen-bond acceptors (Lipinski definition) is 3. The molecule has 0 radical (unpaired) electrons. The molecule has 0 aliphatic carbocycles. The quantitative estimate of drug-likeness (QED) is 0.420. The fraction of sp³-hybridized carbons (Fsp3) is 0.0500. The van der Waals surface area contributed by atoms with Crippen molar-refractivity contribution in [1.82, 2.24) is 5.43 Å². The molecule has 130 valence electrons. The van der Waals surface area contributed by atoms with Crippen molar-refractivity contribution < 1.29 is 9.59 Å². The maximum Gasteiger partial charge on any atom is 0.329 e. The van der Waals surface area contributed by atoms with E-state index in [1.807, 2.05) is 49.4 Å². The van der Waals surface area contributed by atoms with Crippen LogP contribution in [0.25, 0.3) is 10.8 Å². The van der Waals surface area contributed by atoms with Crippen LogP contribution in [0, 0.1) is 6.92 Å². The first-order chi connectivity index (χ1) is 12.5. The molecule has 0 aliphatic rings. The monoisotopic (exact) mass is 365 g/mol. The number of aryl methyl sites for hydroxylation is 1. The third kappa shape index (κ3) is 4.07. The van der Waals surface area contributed by atoms with Gasteiger partial charge in [0.2, 0.25) is 0 Å². The molecule has 0 fully saturated rings. The molecular formula is C20H16ClN3O2. The predicted molar refractivity (Wildman–Crippen MR) is 105 cm³/mol. The molecule has 0 atom stereocenters. The molecule has 0 aromatic heterocycles. The Morgan fingerprint density at radius 2 is 1.77 bits per heavy atom. The minimum absolute atomic E-state index is 0.472. The summed E-state index contributed by atoms with van der Waals surface area (Å²) in [5.41, 5.74) is 4.36. The van der Waals surface area contributed by atoms with Gasteiger partial charge in [0.25, 0.3) is 0 Å². The van der Waals surface area contributed by atoms with Crippen LogP contribution in [0.5, 0.6) is 0 Å². The van der Waals surface area contributed by atoms with E-state index in [9.17, 15) is 9.59 Å². The van der Waals surface area contributed by atoms with Crippen molar-refractivity contribution >= 4 is 46.1 Å². The lowest BCUT2D eigenvalue weighted by Gasteiger charge is -2.07. The predicted octanol–water partition coefficient (Wildman–Crippen LogP) is 3.89. The van der Waals surface area contributed by atoms with E-state index in [-0.39, 0.29) is 0 Å². The topological polar surface area (TPSA) is 70.6 Å². The number of hydrazone groups is 1. The van der Waals surface area contributed by atoms with Gasteiger partial charge in [-0.05, 0) is 35.4 Å². The zero-order chi connectivity index (χ0) is 18.5. The number of halogens is 1. The van der Waals surface area contributed by atoms with Gasteiger partial charge in [0, 0.05) is 16.3 Å². The first kappa shape index (κ1) is 17.6. The Hall–Kier alpha value is -3.18. The Labute approximate surface area is 155 Å². The summed E-state index contributed by atoms with van der Waals surface area (Å²) < 4.78 is 0. The summed E-state index contributed by atoms with van der Waals surface area (Å²) >= 11 is 5.90. The molecule has 26 heavy (non-hydrogen) atoms. The van der Waals surface area contributed by atoms with Crippen molar-refractivity contribution in [1.29, 1.82) is 0 Å². The smallest absolute Gasteiger partial charge is 0.317 e. The van der Waals surface area contributed by atoms with E-state index in [1.54, 1.807) is 18.2 Å². The molecule has 3 aromatic carbocycles. The Morgan fingerprint density at radius 1 is 1.00 bits per heavy atom. The van der Waals surface area contributed by atoms with Gasteiger partial charge >= 0.3 is 11.8 Å². The maximum absolute atomic E-state index is 12.0. The van der Waals surface area contributed by atoms with Gasteiger partial charge in [-0.3, -0.25) is 9.59 Å². The van der Waals surface area contributed by atoms with Crippen LogP contribution in [-0.2, 0) is 9.59 Å². The molecule has 0 aliphatic heterocycles. The lowest BCUT2D eigenvalue weighted by molar-refractivity contribution is -0.136. The van der Waals surface area contributed by atoms with Crippen LogP contribution < -0.4 is 10.7 Å². The van der Waals surface area contributed by atoms with Crippen LogP contribution in [0.3, 0.4) is 0 Å². The number of carbonyl (C=O) groups is 2. The number of nitrogens with one attached hydrogen (secondary N) is 2. The van der Waals surface area contributed by atoms with E-state index in [0.29, 0.717) is 10.7 Å². The Bertz CT molecular complexity index is 1010. The molecule has 0 saturated heterocycles. The lowest BCUT2D eigenvalue weighted by atomic mass is 10.1. The van der Waals surface area contributed by atoms with Crippen molar-refractivity contribution in [2.45, 2.75) is 6.92 Å². The number of carbonyl (C=O) groups excluding carboxylic acids is 2. The standard InChI is InChI=1S/C20H16ClN3O2/c1-13-9-10-16(21)11-18(13)23-19(25)20(26)24-22-12-15-7-4-6-14-5-2-3-8-17(14)15/h2-12H,1H3,(H,23,25)(H,24,26). The van der Waals surface area contributed by atoms with Crippen molar-refractivity contribution in [3.63, 3.8) is 0 Å². The zero-order valence-electron chi connectivity index (χ0n) is 14.0. The van der Waals surface area contributed by atoms with Gasteiger partial charge in [-0.1, -0.05) is 60.1 Å². The van der Waals surface area contributed by atoms with Crippen LogP contribution in [0.15, 0.2) is 65.8 Å². The highest BCUT2D eigenvalue weighted by Crippen LogP contribution is 2.20. The maximum atomic E-state index is 12.0. The molecule has 3 rings (SSSR count). The summed E-state index contributed by atoms with van der Waals surface area (Å²) in [4.78, 5) is 23.9. The number of amides is 2. The normalized spacial score (nSPS) is 10.8. The molecule has 0 bridgehead atoms. The zero-order valence-corrected chi connectivity index (χ0v) is 14.7. The first-order valence-electron chi connectivity index (χ1n) is 7.93. The van der Waals surface area contributed by atoms with E-state index < -0.39 is 11.8 Å². The second-order valence-corrected chi connectivity index (χ2v) is 6.12. The van der Waals surface area contributed by atoms with E-state index in [2.05, 4.69) is 15.8 Å². The first-order valence-corrected chi connectivity index (χ1v) is 8.31. The van der Waals surface area contributed by atoms with Gasteiger partial charge in [0.15, 0.2) is 0 Å². The number of nitrogens with zero attached hydrogens (tertiary/aromatic N) is 1. The van der Waals surface area contributed by atoms with Crippen LogP contribution in [0.2, 0.25) is 5.02 Å². The fourth-order valence-corrected chi connectivity index (χ4v) is 2.65. The SMILES string of the molecule is Cc1ccc(Cl)cc1NC(=O)C(=O)NN=Cc1cccc2ccccc12. The molecule has 0 unspecified atom stereocenters. The highest BCUT2D eigenvalue weighted by atomic mass is 35.5. The van der Waals surface area contributed by atoms with Crippen LogP contribution in [0.4, 0.5) is 5.69 Å². The average molecular weight is 366 g/mol. The molecule has 3 aromatic rings.